The summed E-state index contributed by atoms with van der Waals surface area (Å²) in [6.07, 6.45) is 4.22. The topological polar surface area (TPSA) is 87.9 Å². The zero-order valence-corrected chi connectivity index (χ0v) is 13.3. The summed E-state index contributed by atoms with van der Waals surface area (Å²) in [4.78, 5) is 20.3. The molecule has 1 N–H and O–H groups in total. The number of carbonyl (C=O) groups excluding carboxylic acids is 1. The van der Waals surface area contributed by atoms with Gasteiger partial charge < -0.3 is 10.1 Å². The first-order chi connectivity index (χ1) is 10.9. The zero-order chi connectivity index (χ0) is 16.9. The number of nitrogens with one attached hydrogen (secondary N) is 1. The third kappa shape index (κ3) is 4.27. The maximum absolute atomic E-state index is 12.2. The van der Waals surface area contributed by atoms with Gasteiger partial charge in [-0.2, -0.15) is 5.26 Å². The summed E-state index contributed by atoms with van der Waals surface area (Å²) in [6, 6.07) is 9.03. The molecule has 0 spiro atoms. The van der Waals surface area contributed by atoms with Crippen molar-refractivity contribution in [1.29, 1.82) is 5.26 Å². The average Bonchev–Trinajstić information content (AvgIpc) is 2.56. The van der Waals surface area contributed by atoms with E-state index < -0.39 is 17.5 Å². The number of hydrogen-bond acceptors (Lipinski definition) is 6. The standard InChI is InChI=1S/C17H18N4O2/c1-12(17(2,3)11-18)23-16(22)13-5-4-6-14(9-13)21-15-10-19-7-8-20-15/h4-10,12H,1-3H3,(H,20,21)/t12-/m0/s1. The van der Waals surface area contributed by atoms with Crippen molar-refractivity contribution in [2.75, 3.05) is 5.32 Å². The molecule has 0 amide bonds. The van der Waals surface area contributed by atoms with Gasteiger partial charge in [0.2, 0.25) is 0 Å². The SMILES string of the molecule is C[C@H](OC(=O)c1cccc(Nc2cnccn2)c1)C(C)(C)C#N. The van der Waals surface area contributed by atoms with Crippen molar-refractivity contribution < 1.29 is 9.53 Å². The number of esters is 1. The highest BCUT2D eigenvalue weighted by atomic mass is 16.5. The van der Waals surface area contributed by atoms with Gasteiger partial charge in [0.05, 0.1) is 23.2 Å². The van der Waals surface area contributed by atoms with Crippen LogP contribution in [-0.4, -0.2) is 22.0 Å². The summed E-state index contributed by atoms with van der Waals surface area (Å²) in [5.74, 6) is 0.112. The molecular weight excluding hydrogens is 292 g/mol. The number of ether oxygens (including phenoxy) is 1. The number of anilines is 2. The van der Waals surface area contributed by atoms with E-state index in [1.54, 1.807) is 57.6 Å². The van der Waals surface area contributed by atoms with E-state index in [0.29, 0.717) is 17.1 Å². The van der Waals surface area contributed by atoms with Crippen LogP contribution in [0.15, 0.2) is 42.9 Å². The average molecular weight is 310 g/mol. The number of nitriles is 1. The Morgan fingerprint density at radius 3 is 2.83 bits per heavy atom. The van der Waals surface area contributed by atoms with Gasteiger partial charge in [-0.25, -0.2) is 9.78 Å². The normalized spacial score (nSPS) is 12.1. The Morgan fingerprint density at radius 1 is 1.39 bits per heavy atom. The monoisotopic (exact) mass is 310 g/mol. The van der Waals surface area contributed by atoms with Crippen LogP contribution in [0.4, 0.5) is 11.5 Å². The van der Waals surface area contributed by atoms with Gasteiger partial charge in [-0.05, 0) is 39.0 Å². The van der Waals surface area contributed by atoms with Crippen LogP contribution in [0.3, 0.4) is 0 Å². The number of benzene rings is 1. The largest absolute Gasteiger partial charge is 0.457 e. The van der Waals surface area contributed by atoms with E-state index in [9.17, 15) is 4.79 Å². The third-order valence-corrected chi connectivity index (χ3v) is 3.52. The lowest BCUT2D eigenvalue weighted by Gasteiger charge is -2.24. The van der Waals surface area contributed by atoms with Gasteiger partial charge in [-0.15, -0.1) is 0 Å². The predicted molar refractivity (Wildman–Crippen MR) is 86.0 cm³/mol. The molecule has 0 saturated heterocycles. The third-order valence-electron chi connectivity index (χ3n) is 3.52. The summed E-state index contributed by atoms with van der Waals surface area (Å²) in [7, 11) is 0. The van der Waals surface area contributed by atoms with Crippen molar-refractivity contribution in [2.45, 2.75) is 26.9 Å². The fraction of sp³-hybridized carbons (Fsp3) is 0.294. The fourth-order valence-electron chi connectivity index (χ4n) is 1.70. The van der Waals surface area contributed by atoms with Crippen LogP contribution in [0.5, 0.6) is 0 Å². The van der Waals surface area contributed by atoms with E-state index in [-0.39, 0.29) is 0 Å². The van der Waals surface area contributed by atoms with Crippen molar-refractivity contribution in [3.63, 3.8) is 0 Å². The van der Waals surface area contributed by atoms with E-state index in [0.717, 1.165) is 0 Å². The van der Waals surface area contributed by atoms with Crippen molar-refractivity contribution in [1.82, 2.24) is 9.97 Å². The maximum atomic E-state index is 12.2. The Morgan fingerprint density at radius 2 is 2.17 bits per heavy atom. The van der Waals surface area contributed by atoms with Gasteiger partial charge in [-0.1, -0.05) is 6.07 Å². The molecule has 0 aliphatic carbocycles. The summed E-state index contributed by atoms with van der Waals surface area (Å²) < 4.78 is 5.38. The first-order valence-electron chi connectivity index (χ1n) is 7.18. The lowest BCUT2D eigenvalue weighted by molar-refractivity contribution is 0.0129. The van der Waals surface area contributed by atoms with Crippen LogP contribution < -0.4 is 5.32 Å². The van der Waals surface area contributed by atoms with Gasteiger partial charge in [0.1, 0.15) is 11.9 Å². The van der Waals surface area contributed by atoms with Crippen molar-refractivity contribution in [2.24, 2.45) is 5.41 Å². The highest BCUT2D eigenvalue weighted by molar-refractivity contribution is 5.90. The number of aromatic nitrogens is 2. The summed E-state index contributed by atoms with van der Waals surface area (Å²) in [5, 5.41) is 12.2. The predicted octanol–water partition coefficient (Wildman–Crippen LogP) is 3.32. The molecule has 2 rings (SSSR count). The first kappa shape index (κ1) is 16.4. The number of hydrogen-bond donors (Lipinski definition) is 1. The van der Waals surface area contributed by atoms with Crippen molar-refractivity contribution >= 4 is 17.5 Å². The molecule has 1 atom stereocenters. The lowest BCUT2D eigenvalue weighted by atomic mass is 9.89. The Bertz CT molecular complexity index is 723. The molecular formula is C17H18N4O2. The molecule has 23 heavy (non-hydrogen) atoms. The van der Waals surface area contributed by atoms with Gasteiger partial charge in [0.15, 0.2) is 0 Å². The molecule has 0 aliphatic heterocycles. The van der Waals surface area contributed by atoms with E-state index in [2.05, 4.69) is 21.4 Å². The summed E-state index contributed by atoms with van der Waals surface area (Å²) >= 11 is 0. The van der Waals surface area contributed by atoms with Gasteiger partial charge in [0, 0.05) is 18.1 Å². The highest BCUT2D eigenvalue weighted by Gasteiger charge is 2.29. The van der Waals surface area contributed by atoms with Crippen LogP contribution in [0, 0.1) is 16.7 Å². The van der Waals surface area contributed by atoms with E-state index >= 15 is 0 Å². The number of rotatable bonds is 5. The fourth-order valence-corrected chi connectivity index (χ4v) is 1.70. The lowest BCUT2D eigenvalue weighted by Crippen LogP contribution is -2.30. The summed E-state index contributed by atoms with van der Waals surface area (Å²) in [5.41, 5.74) is 0.358. The first-order valence-corrected chi connectivity index (χ1v) is 7.18. The van der Waals surface area contributed by atoms with Gasteiger partial charge >= 0.3 is 5.97 Å². The molecule has 6 heteroatoms. The zero-order valence-electron chi connectivity index (χ0n) is 13.3. The molecule has 118 valence electrons. The maximum Gasteiger partial charge on any atom is 0.338 e. The second-order valence-electron chi connectivity index (χ2n) is 5.68. The van der Waals surface area contributed by atoms with Gasteiger partial charge in [-0.3, -0.25) is 4.98 Å². The summed E-state index contributed by atoms with van der Waals surface area (Å²) in [6.45, 7) is 5.18. The second kappa shape index (κ2) is 6.88. The van der Waals surface area contributed by atoms with Crippen LogP contribution >= 0.6 is 0 Å². The van der Waals surface area contributed by atoms with E-state index in [1.165, 1.54) is 0 Å². The Kier molecular flexibility index (Phi) is 4.91. The minimum atomic E-state index is -0.745. The molecule has 0 fully saturated rings. The van der Waals surface area contributed by atoms with Crippen LogP contribution in [0.25, 0.3) is 0 Å². The molecule has 0 aliphatic rings. The van der Waals surface area contributed by atoms with Crippen molar-refractivity contribution in [3.8, 4) is 6.07 Å². The van der Waals surface area contributed by atoms with Gasteiger partial charge in [0.25, 0.3) is 0 Å². The molecule has 0 radical (unpaired) electrons. The minimum absolute atomic E-state index is 0.402. The Labute approximate surface area is 135 Å². The quantitative estimate of drug-likeness (QED) is 0.852. The molecule has 0 bridgehead atoms. The smallest absolute Gasteiger partial charge is 0.338 e. The molecule has 2 aromatic rings. The Balaban J connectivity index is 2.10. The van der Waals surface area contributed by atoms with E-state index in [4.69, 9.17) is 10.00 Å². The molecule has 6 nitrogen and oxygen atoms in total. The van der Waals surface area contributed by atoms with Crippen LogP contribution in [0.2, 0.25) is 0 Å². The number of carbonyl (C=O) groups is 1. The molecule has 0 unspecified atom stereocenters. The minimum Gasteiger partial charge on any atom is -0.457 e. The van der Waals surface area contributed by atoms with Crippen molar-refractivity contribution in [3.05, 3.63) is 48.4 Å². The number of nitrogens with zero attached hydrogens (tertiary/aromatic N) is 3. The molecule has 1 aromatic carbocycles. The molecule has 1 aromatic heterocycles. The highest BCUT2D eigenvalue weighted by Crippen LogP contribution is 2.23. The van der Waals surface area contributed by atoms with Crippen LogP contribution in [0.1, 0.15) is 31.1 Å². The Hall–Kier alpha value is -2.94. The van der Waals surface area contributed by atoms with E-state index in [1.807, 2.05) is 6.07 Å². The van der Waals surface area contributed by atoms with Crippen LogP contribution in [-0.2, 0) is 4.74 Å². The molecule has 0 saturated carbocycles. The molecule has 1 heterocycles. The second-order valence-corrected chi connectivity index (χ2v) is 5.68.